The lowest BCUT2D eigenvalue weighted by Gasteiger charge is -2.09. The van der Waals surface area contributed by atoms with Crippen molar-refractivity contribution in [1.82, 2.24) is 0 Å². The first kappa shape index (κ1) is 14.6. The number of ether oxygens (including phenoxy) is 1. The number of rotatable bonds is 4. The molecule has 5 heteroatoms. The molecule has 2 aromatic carbocycles. The van der Waals surface area contributed by atoms with E-state index in [1.807, 2.05) is 0 Å². The second-order valence-electron chi connectivity index (χ2n) is 4.24. The summed E-state index contributed by atoms with van der Waals surface area (Å²) in [5.74, 6) is -0.373. The molecule has 0 N–H and O–H groups in total. The summed E-state index contributed by atoms with van der Waals surface area (Å²) in [6, 6.07) is 8.96. The Kier molecular flexibility index (Phi) is 4.45. The fraction of sp³-hybridized carbons (Fsp3) is 0.133. The van der Waals surface area contributed by atoms with Gasteiger partial charge in [0.2, 0.25) is 0 Å². The molecule has 0 atom stereocenters. The van der Waals surface area contributed by atoms with Gasteiger partial charge in [-0.1, -0.05) is 30.0 Å². The maximum atomic E-state index is 13.5. The second kappa shape index (κ2) is 6.10. The van der Waals surface area contributed by atoms with Gasteiger partial charge in [-0.05, 0) is 30.3 Å². The van der Waals surface area contributed by atoms with E-state index in [1.54, 1.807) is 32.3 Å². The number of methoxy groups -OCH3 is 1. The van der Waals surface area contributed by atoms with Crippen LogP contribution in [-0.4, -0.2) is 20.2 Å². The third-order valence-electron chi connectivity index (χ3n) is 2.92. The average molecular weight is 290 g/mol. The highest BCUT2D eigenvalue weighted by molar-refractivity contribution is 6.52. The number of hydrogen-bond donors (Lipinski definition) is 0. The van der Waals surface area contributed by atoms with E-state index in [2.05, 4.69) is 0 Å². The molecule has 2 nitrogen and oxygen atoms in total. The van der Waals surface area contributed by atoms with Crippen molar-refractivity contribution >= 4 is 30.1 Å². The zero-order valence-electron chi connectivity index (χ0n) is 11.1. The van der Waals surface area contributed by atoms with E-state index >= 15 is 0 Å². The number of benzene rings is 2. The van der Waals surface area contributed by atoms with Gasteiger partial charge in [0.15, 0.2) is 5.78 Å². The Bertz CT molecular complexity index is 658. The van der Waals surface area contributed by atoms with Crippen LogP contribution in [0.25, 0.3) is 0 Å². The number of ketones is 1. The molecule has 0 aliphatic carbocycles. The highest BCUT2D eigenvalue weighted by atomic mass is 35.5. The van der Waals surface area contributed by atoms with Crippen LogP contribution in [0.15, 0.2) is 36.4 Å². The molecule has 0 heterocycles. The first-order valence-corrected chi connectivity index (χ1v) is 6.41. The molecule has 2 aromatic rings. The first-order valence-electron chi connectivity index (χ1n) is 6.03. The largest absolute Gasteiger partial charge is 0.496 e. The minimum Gasteiger partial charge on any atom is -0.496 e. The lowest BCUT2D eigenvalue weighted by Crippen LogP contribution is -2.15. The SMILES string of the molecule is C[B]c1cc(F)cc(C(=O)c2cc(Cl)ccc2OC)c1. The van der Waals surface area contributed by atoms with Gasteiger partial charge in [0, 0.05) is 10.6 Å². The Morgan fingerprint density at radius 3 is 2.65 bits per heavy atom. The van der Waals surface area contributed by atoms with Gasteiger partial charge in [-0.25, -0.2) is 4.39 Å². The summed E-state index contributed by atoms with van der Waals surface area (Å²) in [5, 5.41) is 0.424. The highest BCUT2D eigenvalue weighted by Gasteiger charge is 2.16. The van der Waals surface area contributed by atoms with Crippen LogP contribution in [0.4, 0.5) is 4.39 Å². The smallest absolute Gasteiger partial charge is 0.196 e. The summed E-state index contributed by atoms with van der Waals surface area (Å²) in [6.07, 6.45) is 0. The molecule has 0 saturated heterocycles. The van der Waals surface area contributed by atoms with Crippen molar-refractivity contribution < 1.29 is 13.9 Å². The van der Waals surface area contributed by atoms with Crippen LogP contribution in [0.2, 0.25) is 11.8 Å². The van der Waals surface area contributed by atoms with E-state index in [9.17, 15) is 9.18 Å². The zero-order chi connectivity index (χ0) is 14.7. The first-order chi connectivity index (χ1) is 9.55. The highest BCUT2D eigenvalue weighted by Crippen LogP contribution is 2.25. The summed E-state index contributed by atoms with van der Waals surface area (Å²) in [6.45, 7) is 1.78. The van der Waals surface area contributed by atoms with E-state index in [4.69, 9.17) is 16.3 Å². The molecule has 1 radical (unpaired) electrons. The van der Waals surface area contributed by atoms with Gasteiger partial charge in [0.1, 0.15) is 18.8 Å². The molecule has 2 rings (SSSR count). The Labute approximate surface area is 122 Å². The minimum atomic E-state index is -0.454. The van der Waals surface area contributed by atoms with Crippen molar-refractivity contribution in [2.45, 2.75) is 6.82 Å². The lowest BCUT2D eigenvalue weighted by atomic mass is 9.72. The van der Waals surface area contributed by atoms with Crippen LogP contribution in [-0.2, 0) is 0 Å². The predicted octanol–water partition coefficient (Wildman–Crippen LogP) is 3.10. The fourth-order valence-corrected chi connectivity index (χ4v) is 2.10. The Hall–Kier alpha value is -1.81. The number of carbonyl (C=O) groups is 1. The van der Waals surface area contributed by atoms with Gasteiger partial charge in [0.05, 0.1) is 12.7 Å². The molecule has 0 bridgehead atoms. The van der Waals surface area contributed by atoms with E-state index in [1.165, 1.54) is 25.3 Å². The lowest BCUT2D eigenvalue weighted by molar-refractivity contribution is 0.103. The summed E-state index contributed by atoms with van der Waals surface area (Å²) in [7, 11) is 3.20. The fourth-order valence-electron chi connectivity index (χ4n) is 1.92. The second-order valence-corrected chi connectivity index (χ2v) is 4.67. The quantitative estimate of drug-likeness (QED) is 0.638. The minimum absolute atomic E-state index is 0.263. The van der Waals surface area contributed by atoms with E-state index in [0.717, 1.165) is 0 Å². The van der Waals surface area contributed by atoms with Crippen molar-refractivity contribution in [2.75, 3.05) is 7.11 Å². The van der Waals surface area contributed by atoms with Crippen LogP contribution in [0.5, 0.6) is 5.75 Å². The summed E-state index contributed by atoms with van der Waals surface area (Å²) in [4.78, 5) is 12.5. The van der Waals surface area contributed by atoms with Gasteiger partial charge in [0.25, 0.3) is 0 Å². The maximum Gasteiger partial charge on any atom is 0.196 e. The molecule has 0 aliphatic rings. The van der Waals surface area contributed by atoms with Crippen LogP contribution in [0.1, 0.15) is 15.9 Å². The molecule has 20 heavy (non-hydrogen) atoms. The van der Waals surface area contributed by atoms with Gasteiger partial charge in [-0.2, -0.15) is 0 Å². The van der Waals surface area contributed by atoms with Crippen molar-refractivity contribution in [1.29, 1.82) is 0 Å². The Morgan fingerprint density at radius 1 is 1.25 bits per heavy atom. The molecule has 0 amide bonds. The Balaban J connectivity index is 2.51. The normalized spacial score (nSPS) is 10.2. The molecule has 0 aromatic heterocycles. The molecule has 0 spiro atoms. The van der Waals surface area contributed by atoms with Crippen LogP contribution in [0.3, 0.4) is 0 Å². The molecule has 101 valence electrons. The molecular formula is C15H12BClFO2. The Morgan fingerprint density at radius 2 is 2.00 bits per heavy atom. The summed E-state index contributed by atoms with van der Waals surface area (Å²) >= 11 is 5.91. The van der Waals surface area contributed by atoms with Gasteiger partial charge in [-0.15, -0.1) is 0 Å². The number of carbonyl (C=O) groups excluding carboxylic acids is 1. The molecular weight excluding hydrogens is 277 g/mol. The van der Waals surface area contributed by atoms with Crippen molar-refractivity contribution in [3.8, 4) is 5.75 Å². The summed E-state index contributed by atoms with van der Waals surface area (Å²) in [5.41, 5.74) is 1.22. The van der Waals surface area contributed by atoms with E-state index in [-0.39, 0.29) is 11.3 Å². The van der Waals surface area contributed by atoms with Gasteiger partial charge < -0.3 is 4.74 Å². The molecule has 0 saturated carbocycles. The van der Waals surface area contributed by atoms with E-state index < -0.39 is 5.82 Å². The standard InChI is InChI=1S/C15H12BClFO2/c1-16-10-5-9(6-12(18)7-10)15(19)13-8-11(17)3-4-14(13)20-2/h3-8H,1-2H3. The third-order valence-corrected chi connectivity index (χ3v) is 3.16. The molecule has 0 fully saturated rings. The third kappa shape index (κ3) is 3.02. The van der Waals surface area contributed by atoms with Crippen molar-refractivity contribution in [3.63, 3.8) is 0 Å². The van der Waals surface area contributed by atoms with E-state index in [0.29, 0.717) is 21.8 Å². The number of halogens is 2. The zero-order valence-corrected chi connectivity index (χ0v) is 11.9. The average Bonchev–Trinajstić information content (AvgIpc) is 2.45. The van der Waals surface area contributed by atoms with Crippen LogP contribution >= 0.6 is 11.6 Å². The molecule has 0 unspecified atom stereocenters. The number of hydrogen-bond acceptors (Lipinski definition) is 2. The monoisotopic (exact) mass is 289 g/mol. The van der Waals surface area contributed by atoms with Crippen molar-refractivity contribution in [2.24, 2.45) is 0 Å². The predicted molar refractivity (Wildman–Crippen MR) is 79.1 cm³/mol. The molecule has 0 aliphatic heterocycles. The van der Waals surface area contributed by atoms with Crippen LogP contribution < -0.4 is 10.2 Å². The summed E-state index contributed by atoms with van der Waals surface area (Å²) < 4.78 is 18.7. The van der Waals surface area contributed by atoms with Gasteiger partial charge >= 0.3 is 0 Å². The maximum absolute atomic E-state index is 13.5. The van der Waals surface area contributed by atoms with Gasteiger partial charge in [-0.3, -0.25) is 4.79 Å². The topological polar surface area (TPSA) is 26.3 Å². The van der Waals surface area contributed by atoms with Crippen molar-refractivity contribution in [3.05, 3.63) is 58.4 Å². The van der Waals surface area contributed by atoms with Crippen LogP contribution in [0, 0.1) is 5.82 Å².